The van der Waals surface area contributed by atoms with Crippen LogP contribution in [-0.4, -0.2) is 15.7 Å². The number of amides is 1. The molecule has 1 heterocycles. The highest BCUT2D eigenvalue weighted by atomic mass is 35.5. The van der Waals surface area contributed by atoms with E-state index >= 15 is 0 Å². The second-order valence-corrected chi connectivity index (χ2v) is 6.55. The van der Waals surface area contributed by atoms with Gasteiger partial charge in [-0.3, -0.25) is 9.48 Å². The molecule has 1 aliphatic carbocycles. The molecule has 0 unspecified atom stereocenters. The molecule has 3 rings (SSSR count). The molecule has 1 saturated carbocycles. The van der Waals surface area contributed by atoms with Gasteiger partial charge in [0.1, 0.15) is 0 Å². The van der Waals surface area contributed by atoms with Gasteiger partial charge in [-0.2, -0.15) is 5.10 Å². The third-order valence-corrected chi connectivity index (χ3v) is 4.92. The fourth-order valence-electron chi connectivity index (χ4n) is 2.74. The van der Waals surface area contributed by atoms with Gasteiger partial charge in [0.05, 0.1) is 22.3 Å². The minimum atomic E-state index is -0.172. The molecule has 1 aromatic carbocycles. The summed E-state index contributed by atoms with van der Waals surface area (Å²) >= 11 is 12.2. The van der Waals surface area contributed by atoms with Gasteiger partial charge in [0.15, 0.2) is 0 Å². The summed E-state index contributed by atoms with van der Waals surface area (Å²) in [5.41, 5.74) is 1.96. The smallest absolute Gasteiger partial charge is 0.224 e. The first kappa shape index (κ1) is 15.4. The Morgan fingerprint density at radius 3 is 2.91 bits per heavy atom. The zero-order valence-corrected chi connectivity index (χ0v) is 13.9. The van der Waals surface area contributed by atoms with Crippen molar-refractivity contribution in [2.45, 2.75) is 25.3 Å². The molecule has 0 saturated heterocycles. The summed E-state index contributed by atoms with van der Waals surface area (Å²) < 4.78 is 1.76. The van der Waals surface area contributed by atoms with Crippen LogP contribution < -0.4 is 5.32 Å². The predicted octanol–water partition coefficient (Wildman–Crippen LogP) is 3.71. The van der Waals surface area contributed by atoms with Gasteiger partial charge in [0.25, 0.3) is 0 Å². The normalized spacial score (nSPS) is 21.5. The number of hydrogen-bond donors (Lipinski definition) is 1. The van der Waals surface area contributed by atoms with E-state index in [0.717, 1.165) is 17.5 Å². The maximum atomic E-state index is 12.4. The molecule has 0 spiro atoms. The van der Waals surface area contributed by atoms with E-state index < -0.39 is 0 Å². The molecule has 22 heavy (non-hydrogen) atoms. The number of hydrogen-bond acceptors (Lipinski definition) is 2. The predicted molar refractivity (Wildman–Crippen MR) is 87.1 cm³/mol. The van der Waals surface area contributed by atoms with E-state index in [1.54, 1.807) is 10.7 Å². The summed E-state index contributed by atoms with van der Waals surface area (Å²) in [5, 5.41) is 8.17. The second kappa shape index (κ2) is 5.94. The van der Waals surface area contributed by atoms with Crippen LogP contribution in [0.1, 0.15) is 36.4 Å². The molecule has 3 atom stereocenters. The highest BCUT2D eigenvalue weighted by Gasteiger charge is 2.44. The summed E-state index contributed by atoms with van der Waals surface area (Å²) in [6.45, 7) is 1.91. The van der Waals surface area contributed by atoms with Crippen molar-refractivity contribution in [3.63, 3.8) is 0 Å². The van der Waals surface area contributed by atoms with E-state index in [1.165, 1.54) is 0 Å². The van der Waals surface area contributed by atoms with Gasteiger partial charge in [-0.05, 0) is 36.5 Å². The van der Waals surface area contributed by atoms with Gasteiger partial charge >= 0.3 is 0 Å². The number of aromatic nitrogens is 2. The molecule has 6 heteroatoms. The molecule has 0 aliphatic heterocycles. The third kappa shape index (κ3) is 2.99. The molecule has 1 amide bonds. The lowest BCUT2D eigenvalue weighted by Gasteiger charge is -2.16. The second-order valence-electron chi connectivity index (χ2n) is 5.77. The number of aryl methyl sites for hydroxylation is 1. The van der Waals surface area contributed by atoms with E-state index in [4.69, 9.17) is 23.2 Å². The Balaban J connectivity index is 1.64. The molecule has 1 N–H and O–H groups in total. The Kier molecular flexibility index (Phi) is 4.15. The largest absolute Gasteiger partial charge is 0.349 e. The Labute approximate surface area is 139 Å². The van der Waals surface area contributed by atoms with Crippen molar-refractivity contribution in [3.8, 4) is 0 Å². The standard InChI is InChI=1S/C16H17Cl2N3O/c1-9(11-4-3-5-14(17)15(11)18)20-16(22)13-6-12(13)10-7-19-21(2)8-10/h3-5,7-9,12-13H,6H2,1-2H3,(H,20,22)/t9-,12+,13-/m0/s1. The lowest BCUT2D eigenvalue weighted by Crippen LogP contribution is -2.28. The molecule has 116 valence electrons. The average Bonchev–Trinajstić information content (AvgIpc) is 3.17. The molecule has 1 aliphatic rings. The van der Waals surface area contributed by atoms with Crippen LogP contribution in [0.3, 0.4) is 0 Å². The van der Waals surface area contributed by atoms with Crippen LogP contribution in [0.2, 0.25) is 10.0 Å². The number of carbonyl (C=O) groups is 1. The fraction of sp³-hybridized carbons (Fsp3) is 0.375. The third-order valence-electron chi connectivity index (χ3n) is 4.09. The number of rotatable bonds is 4. The van der Waals surface area contributed by atoms with Gasteiger partial charge < -0.3 is 5.32 Å². The summed E-state index contributed by atoms with van der Waals surface area (Å²) in [7, 11) is 1.88. The number of carbonyl (C=O) groups excluding carboxylic acids is 1. The highest BCUT2D eigenvalue weighted by molar-refractivity contribution is 6.42. The van der Waals surface area contributed by atoms with Crippen molar-refractivity contribution < 1.29 is 4.79 Å². The lowest BCUT2D eigenvalue weighted by atomic mass is 10.1. The van der Waals surface area contributed by atoms with Crippen LogP contribution in [0.4, 0.5) is 0 Å². The SMILES string of the molecule is C[C@H](NC(=O)[C@H]1C[C@@H]1c1cnn(C)c1)c1cccc(Cl)c1Cl. The maximum absolute atomic E-state index is 12.4. The van der Waals surface area contributed by atoms with E-state index in [9.17, 15) is 4.79 Å². The first-order valence-electron chi connectivity index (χ1n) is 7.20. The molecular weight excluding hydrogens is 321 g/mol. The van der Waals surface area contributed by atoms with E-state index in [0.29, 0.717) is 10.0 Å². The number of nitrogens with one attached hydrogen (secondary N) is 1. The van der Waals surface area contributed by atoms with Crippen LogP contribution in [0.15, 0.2) is 30.6 Å². The monoisotopic (exact) mass is 337 g/mol. The lowest BCUT2D eigenvalue weighted by molar-refractivity contribution is -0.123. The van der Waals surface area contributed by atoms with Gasteiger partial charge in [-0.25, -0.2) is 0 Å². The maximum Gasteiger partial charge on any atom is 0.224 e. The quantitative estimate of drug-likeness (QED) is 0.924. The zero-order valence-electron chi connectivity index (χ0n) is 12.4. The van der Waals surface area contributed by atoms with Gasteiger partial charge in [-0.15, -0.1) is 0 Å². The summed E-state index contributed by atoms with van der Waals surface area (Å²) in [4.78, 5) is 12.4. The Hall–Kier alpha value is -1.52. The van der Waals surface area contributed by atoms with Gasteiger partial charge in [-0.1, -0.05) is 35.3 Å². The average molecular weight is 338 g/mol. The van der Waals surface area contributed by atoms with Crippen molar-refractivity contribution >= 4 is 29.1 Å². The minimum Gasteiger partial charge on any atom is -0.349 e. The number of halogens is 2. The Morgan fingerprint density at radius 2 is 2.23 bits per heavy atom. The van der Waals surface area contributed by atoms with Gasteiger partial charge in [0.2, 0.25) is 5.91 Å². The molecule has 4 nitrogen and oxygen atoms in total. The Morgan fingerprint density at radius 1 is 1.45 bits per heavy atom. The van der Waals surface area contributed by atoms with Crippen molar-refractivity contribution in [3.05, 3.63) is 51.8 Å². The number of nitrogens with zero attached hydrogens (tertiary/aromatic N) is 2. The first-order valence-corrected chi connectivity index (χ1v) is 7.95. The van der Waals surface area contributed by atoms with Crippen molar-refractivity contribution in [1.82, 2.24) is 15.1 Å². The molecular formula is C16H17Cl2N3O. The van der Waals surface area contributed by atoms with E-state index in [1.807, 2.05) is 38.5 Å². The molecule has 0 bridgehead atoms. The van der Waals surface area contributed by atoms with Crippen molar-refractivity contribution in [2.24, 2.45) is 13.0 Å². The fourth-order valence-corrected chi connectivity index (χ4v) is 3.21. The molecule has 0 radical (unpaired) electrons. The van der Waals surface area contributed by atoms with Crippen LogP contribution in [-0.2, 0) is 11.8 Å². The van der Waals surface area contributed by atoms with E-state index in [2.05, 4.69) is 10.4 Å². The summed E-state index contributed by atoms with van der Waals surface area (Å²) in [6.07, 6.45) is 4.66. The van der Waals surface area contributed by atoms with Crippen molar-refractivity contribution in [1.29, 1.82) is 0 Å². The summed E-state index contributed by atoms with van der Waals surface area (Å²) in [6, 6.07) is 5.28. The molecule has 1 fully saturated rings. The first-order chi connectivity index (χ1) is 10.5. The van der Waals surface area contributed by atoms with Crippen molar-refractivity contribution in [2.75, 3.05) is 0 Å². The van der Waals surface area contributed by atoms with Crippen LogP contribution in [0, 0.1) is 5.92 Å². The summed E-state index contributed by atoms with van der Waals surface area (Å²) in [5.74, 6) is 0.345. The number of benzene rings is 1. The zero-order chi connectivity index (χ0) is 15.9. The Bertz CT molecular complexity index is 713. The van der Waals surface area contributed by atoms with Crippen LogP contribution >= 0.6 is 23.2 Å². The highest BCUT2D eigenvalue weighted by Crippen LogP contribution is 2.47. The molecule has 1 aromatic heterocycles. The van der Waals surface area contributed by atoms with Crippen LogP contribution in [0.5, 0.6) is 0 Å². The molecule has 2 aromatic rings. The topological polar surface area (TPSA) is 46.9 Å². The van der Waals surface area contributed by atoms with Gasteiger partial charge in [0, 0.05) is 19.2 Å². The minimum absolute atomic E-state index is 0.0182. The van der Waals surface area contributed by atoms with E-state index in [-0.39, 0.29) is 23.8 Å². The van der Waals surface area contributed by atoms with Crippen LogP contribution in [0.25, 0.3) is 0 Å².